The lowest BCUT2D eigenvalue weighted by Gasteiger charge is -2.40. The van der Waals surface area contributed by atoms with Crippen LogP contribution in [0.1, 0.15) is 20.8 Å². The molecule has 1 rings (SSSR count). The van der Waals surface area contributed by atoms with Crippen molar-refractivity contribution >= 4 is 11.8 Å². The zero-order chi connectivity index (χ0) is 12.0. The topological polar surface area (TPSA) is 30.3 Å². The summed E-state index contributed by atoms with van der Waals surface area (Å²) in [6.45, 7) is 11.7. The van der Waals surface area contributed by atoms with Crippen molar-refractivity contribution in [1.29, 1.82) is 5.26 Å². The standard InChI is InChI=1S/C12H23N3S/c1-4-16-10-9-14-5-7-15(8-6-14)12(2,3)11-13/h4-10H2,1-3H3. The minimum absolute atomic E-state index is 0.301. The van der Waals surface area contributed by atoms with E-state index in [2.05, 4.69) is 22.8 Å². The molecule has 1 aliphatic heterocycles. The Labute approximate surface area is 104 Å². The van der Waals surface area contributed by atoms with Crippen molar-refractivity contribution in [2.24, 2.45) is 0 Å². The van der Waals surface area contributed by atoms with Crippen LogP contribution in [0, 0.1) is 11.3 Å². The van der Waals surface area contributed by atoms with E-state index in [4.69, 9.17) is 5.26 Å². The molecule has 0 unspecified atom stereocenters. The Bertz CT molecular complexity index is 239. The Balaban J connectivity index is 2.26. The Kier molecular flexibility index (Phi) is 5.60. The van der Waals surface area contributed by atoms with E-state index in [9.17, 15) is 0 Å². The maximum Gasteiger partial charge on any atom is 0.103 e. The summed E-state index contributed by atoms with van der Waals surface area (Å²) < 4.78 is 0. The van der Waals surface area contributed by atoms with Crippen LogP contribution in [0.3, 0.4) is 0 Å². The molecule has 0 saturated carbocycles. The van der Waals surface area contributed by atoms with Gasteiger partial charge in [-0.25, -0.2) is 0 Å². The fraction of sp³-hybridized carbons (Fsp3) is 0.917. The van der Waals surface area contributed by atoms with Crippen molar-refractivity contribution in [3.8, 4) is 6.07 Å². The molecule has 1 aliphatic rings. The van der Waals surface area contributed by atoms with Gasteiger partial charge in [-0.05, 0) is 19.6 Å². The highest BCUT2D eigenvalue weighted by molar-refractivity contribution is 7.99. The van der Waals surface area contributed by atoms with Crippen molar-refractivity contribution in [3.05, 3.63) is 0 Å². The summed E-state index contributed by atoms with van der Waals surface area (Å²) in [5, 5.41) is 9.08. The third-order valence-electron chi connectivity index (χ3n) is 3.19. The van der Waals surface area contributed by atoms with Gasteiger partial charge >= 0.3 is 0 Å². The second-order valence-corrected chi connectivity index (χ2v) is 6.09. The Morgan fingerprint density at radius 3 is 2.38 bits per heavy atom. The average Bonchev–Trinajstić information content (AvgIpc) is 2.30. The van der Waals surface area contributed by atoms with E-state index < -0.39 is 0 Å². The second kappa shape index (κ2) is 6.48. The van der Waals surface area contributed by atoms with Gasteiger partial charge in [0.25, 0.3) is 0 Å². The molecule has 0 aliphatic carbocycles. The van der Waals surface area contributed by atoms with Gasteiger partial charge in [-0.2, -0.15) is 17.0 Å². The first-order chi connectivity index (χ1) is 7.60. The number of hydrogen-bond donors (Lipinski definition) is 0. The summed E-state index contributed by atoms with van der Waals surface area (Å²) in [5.41, 5.74) is -0.301. The third-order valence-corrected chi connectivity index (χ3v) is 4.07. The lowest BCUT2D eigenvalue weighted by Crippen LogP contribution is -2.54. The van der Waals surface area contributed by atoms with Gasteiger partial charge in [0.15, 0.2) is 0 Å². The second-order valence-electron chi connectivity index (χ2n) is 4.70. The number of nitrogens with zero attached hydrogens (tertiary/aromatic N) is 3. The van der Waals surface area contributed by atoms with Crippen molar-refractivity contribution in [2.75, 3.05) is 44.2 Å². The van der Waals surface area contributed by atoms with E-state index in [0.717, 1.165) is 26.2 Å². The van der Waals surface area contributed by atoms with E-state index in [0.29, 0.717) is 0 Å². The van der Waals surface area contributed by atoms with E-state index >= 15 is 0 Å². The molecule has 0 aromatic heterocycles. The average molecular weight is 241 g/mol. The monoisotopic (exact) mass is 241 g/mol. The lowest BCUT2D eigenvalue weighted by atomic mass is 10.0. The van der Waals surface area contributed by atoms with Crippen molar-refractivity contribution in [1.82, 2.24) is 9.80 Å². The molecule has 1 heterocycles. The highest BCUT2D eigenvalue weighted by Crippen LogP contribution is 2.15. The molecular weight excluding hydrogens is 218 g/mol. The molecule has 3 nitrogen and oxygen atoms in total. The SMILES string of the molecule is CCSCCN1CCN(C(C)(C)C#N)CC1. The molecule has 1 saturated heterocycles. The summed E-state index contributed by atoms with van der Waals surface area (Å²) in [4.78, 5) is 4.79. The van der Waals surface area contributed by atoms with Gasteiger partial charge in [0, 0.05) is 38.5 Å². The lowest BCUT2D eigenvalue weighted by molar-refractivity contribution is 0.0836. The molecular formula is C12H23N3S. The first kappa shape index (κ1) is 13.8. The molecule has 0 atom stereocenters. The third kappa shape index (κ3) is 3.97. The largest absolute Gasteiger partial charge is 0.300 e. The zero-order valence-corrected chi connectivity index (χ0v) is 11.5. The Hall–Kier alpha value is -0.240. The number of rotatable bonds is 5. The number of thioether (sulfide) groups is 1. The van der Waals surface area contributed by atoms with Gasteiger partial charge in [-0.15, -0.1) is 0 Å². The molecule has 4 heteroatoms. The van der Waals surface area contributed by atoms with E-state index in [-0.39, 0.29) is 5.54 Å². The van der Waals surface area contributed by atoms with E-state index in [1.807, 2.05) is 25.6 Å². The quantitative estimate of drug-likeness (QED) is 0.685. The Morgan fingerprint density at radius 1 is 1.25 bits per heavy atom. The van der Waals surface area contributed by atoms with Crippen LogP contribution >= 0.6 is 11.8 Å². The van der Waals surface area contributed by atoms with Crippen LogP contribution in [0.25, 0.3) is 0 Å². The fourth-order valence-corrected chi connectivity index (χ4v) is 2.62. The number of nitriles is 1. The van der Waals surface area contributed by atoms with Gasteiger partial charge in [-0.1, -0.05) is 6.92 Å². The van der Waals surface area contributed by atoms with Gasteiger partial charge in [0.05, 0.1) is 6.07 Å². The maximum atomic E-state index is 9.08. The van der Waals surface area contributed by atoms with Crippen molar-refractivity contribution in [2.45, 2.75) is 26.3 Å². The highest BCUT2D eigenvalue weighted by atomic mass is 32.2. The van der Waals surface area contributed by atoms with Crippen molar-refractivity contribution in [3.63, 3.8) is 0 Å². The molecule has 0 radical (unpaired) electrons. The summed E-state index contributed by atoms with van der Waals surface area (Å²) in [5.74, 6) is 2.44. The first-order valence-electron chi connectivity index (χ1n) is 6.06. The summed E-state index contributed by atoms with van der Waals surface area (Å²) in [6, 6.07) is 2.38. The van der Waals surface area contributed by atoms with Crippen LogP contribution in [0.5, 0.6) is 0 Å². The normalized spacial score (nSPS) is 19.6. The zero-order valence-electron chi connectivity index (χ0n) is 10.7. The van der Waals surface area contributed by atoms with E-state index in [1.54, 1.807) is 0 Å². The number of piperazine rings is 1. The minimum Gasteiger partial charge on any atom is -0.300 e. The smallest absolute Gasteiger partial charge is 0.103 e. The van der Waals surface area contributed by atoms with Crippen LogP contribution in [-0.4, -0.2) is 59.6 Å². The molecule has 0 N–H and O–H groups in total. The molecule has 0 amide bonds. The summed E-state index contributed by atoms with van der Waals surface area (Å²) in [7, 11) is 0. The molecule has 0 aromatic rings. The fourth-order valence-electron chi connectivity index (χ4n) is 1.94. The first-order valence-corrected chi connectivity index (χ1v) is 7.22. The van der Waals surface area contributed by atoms with Gasteiger partial charge in [-0.3, -0.25) is 9.80 Å². The molecule has 0 spiro atoms. The molecule has 0 aromatic carbocycles. The summed E-state index contributed by atoms with van der Waals surface area (Å²) in [6.07, 6.45) is 0. The van der Waals surface area contributed by atoms with Crippen LogP contribution < -0.4 is 0 Å². The van der Waals surface area contributed by atoms with Crippen LogP contribution in [0.15, 0.2) is 0 Å². The Morgan fingerprint density at radius 2 is 1.88 bits per heavy atom. The molecule has 16 heavy (non-hydrogen) atoms. The van der Waals surface area contributed by atoms with Crippen LogP contribution in [-0.2, 0) is 0 Å². The molecule has 1 fully saturated rings. The van der Waals surface area contributed by atoms with Gasteiger partial charge in [0.2, 0.25) is 0 Å². The molecule has 0 bridgehead atoms. The summed E-state index contributed by atoms with van der Waals surface area (Å²) >= 11 is 2.00. The molecule has 92 valence electrons. The van der Waals surface area contributed by atoms with Gasteiger partial charge < -0.3 is 0 Å². The van der Waals surface area contributed by atoms with Crippen LogP contribution in [0.4, 0.5) is 0 Å². The minimum atomic E-state index is -0.301. The highest BCUT2D eigenvalue weighted by Gasteiger charge is 2.29. The predicted molar refractivity (Wildman–Crippen MR) is 70.7 cm³/mol. The van der Waals surface area contributed by atoms with Crippen LogP contribution in [0.2, 0.25) is 0 Å². The van der Waals surface area contributed by atoms with E-state index in [1.165, 1.54) is 18.1 Å². The van der Waals surface area contributed by atoms with Gasteiger partial charge in [0.1, 0.15) is 5.54 Å². The number of hydrogen-bond acceptors (Lipinski definition) is 4. The maximum absolute atomic E-state index is 9.08. The predicted octanol–water partition coefficient (Wildman–Crippen LogP) is 1.66. The van der Waals surface area contributed by atoms with Crippen molar-refractivity contribution < 1.29 is 0 Å².